The van der Waals surface area contributed by atoms with Gasteiger partial charge in [-0.05, 0) is 35.0 Å². The highest BCUT2D eigenvalue weighted by Gasteiger charge is 2.05. The van der Waals surface area contributed by atoms with Crippen LogP contribution in [0.25, 0.3) is 0 Å². The van der Waals surface area contributed by atoms with Crippen molar-refractivity contribution in [3.05, 3.63) is 22.9 Å². The number of nitrogens with one attached hydrogen (secondary N) is 2. The molecular formula is C9H12BrN3O2. The second-order valence-corrected chi connectivity index (χ2v) is 3.86. The lowest BCUT2D eigenvalue weighted by atomic mass is 10.4. The van der Waals surface area contributed by atoms with Crippen LogP contribution in [0.15, 0.2) is 22.9 Å². The molecule has 0 radical (unpaired) electrons. The summed E-state index contributed by atoms with van der Waals surface area (Å²) in [4.78, 5) is 15.3. The van der Waals surface area contributed by atoms with E-state index in [-0.39, 0.29) is 18.7 Å². The molecule has 0 spiro atoms. The highest BCUT2D eigenvalue weighted by Crippen LogP contribution is 2.09. The molecule has 3 N–H and O–H groups in total. The number of carbonyl (C=O) groups excluding carboxylic acids is 1. The molecule has 0 saturated heterocycles. The number of amides is 2. The van der Waals surface area contributed by atoms with Crippen molar-refractivity contribution < 1.29 is 9.90 Å². The molecule has 0 aromatic carbocycles. The topological polar surface area (TPSA) is 74.2 Å². The smallest absolute Gasteiger partial charge is 0.319 e. The zero-order valence-electron chi connectivity index (χ0n) is 8.20. The molecule has 6 heteroatoms. The van der Waals surface area contributed by atoms with Crippen LogP contribution in [-0.2, 0) is 0 Å². The average molecular weight is 274 g/mol. The molecule has 82 valence electrons. The molecule has 1 aromatic rings. The lowest BCUT2D eigenvalue weighted by molar-refractivity contribution is 0.229. The van der Waals surface area contributed by atoms with Crippen molar-refractivity contribution in [2.45, 2.75) is 13.0 Å². The first-order valence-corrected chi connectivity index (χ1v) is 5.21. The Morgan fingerprint density at radius 3 is 2.93 bits per heavy atom. The zero-order valence-corrected chi connectivity index (χ0v) is 9.78. The van der Waals surface area contributed by atoms with Crippen molar-refractivity contribution in [1.82, 2.24) is 10.3 Å². The van der Waals surface area contributed by atoms with Gasteiger partial charge >= 0.3 is 6.03 Å². The van der Waals surface area contributed by atoms with E-state index in [9.17, 15) is 4.79 Å². The predicted octanol–water partition coefficient (Wildman–Crippen LogP) is 1.35. The zero-order chi connectivity index (χ0) is 11.3. The maximum absolute atomic E-state index is 11.3. The Hall–Kier alpha value is -1.14. The van der Waals surface area contributed by atoms with Gasteiger partial charge in [0.05, 0.1) is 24.5 Å². The fraction of sp³-hybridized carbons (Fsp3) is 0.333. The van der Waals surface area contributed by atoms with Gasteiger partial charge in [0.25, 0.3) is 0 Å². The number of urea groups is 1. The molecule has 1 rings (SSSR count). The van der Waals surface area contributed by atoms with Gasteiger partial charge in [0.2, 0.25) is 0 Å². The van der Waals surface area contributed by atoms with E-state index >= 15 is 0 Å². The molecule has 0 aliphatic carbocycles. The van der Waals surface area contributed by atoms with Crippen molar-refractivity contribution in [2.24, 2.45) is 0 Å². The first-order chi connectivity index (χ1) is 7.11. The number of aromatic nitrogens is 1. The van der Waals surface area contributed by atoms with Crippen molar-refractivity contribution >= 4 is 27.6 Å². The number of pyridine rings is 1. The van der Waals surface area contributed by atoms with Crippen molar-refractivity contribution in [2.75, 3.05) is 11.9 Å². The number of hydrogen-bond donors (Lipinski definition) is 3. The van der Waals surface area contributed by atoms with Crippen LogP contribution in [0.1, 0.15) is 6.92 Å². The Kier molecular flexibility index (Phi) is 4.51. The summed E-state index contributed by atoms with van der Waals surface area (Å²) >= 11 is 3.19. The Labute approximate surface area is 96.0 Å². The van der Waals surface area contributed by atoms with E-state index in [1.165, 1.54) is 6.20 Å². The summed E-state index contributed by atoms with van der Waals surface area (Å²) in [6.07, 6.45) is 1.53. The van der Waals surface area contributed by atoms with E-state index in [1.54, 1.807) is 19.1 Å². The number of halogens is 1. The molecule has 2 amide bonds. The Balaban J connectivity index is 2.48. The van der Waals surface area contributed by atoms with Gasteiger partial charge in [-0.3, -0.25) is 0 Å². The molecule has 5 nitrogen and oxygen atoms in total. The standard InChI is InChI=1S/C9H12BrN3O2/c1-6(5-14)12-9(15)13-7-2-3-8(10)11-4-7/h2-4,6,14H,5H2,1H3,(H2,12,13,15)/t6-/m0/s1. The van der Waals surface area contributed by atoms with E-state index in [0.717, 1.165) is 0 Å². The second kappa shape index (κ2) is 5.67. The number of hydrogen-bond acceptors (Lipinski definition) is 3. The number of rotatable bonds is 3. The quantitative estimate of drug-likeness (QED) is 0.728. The second-order valence-electron chi connectivity index (χ2n) is 3.05. The van der Waals surface area contributed by atoms with Gasteiger partial charge in [0.1, 0.15) is 4.60 Å². The van der Waals surface area contributed by atoms with E-state index in [4.69, 9.17) is 5.11 Å². The minimum atomic E-state index is -0.360. The number of anilines is 1. The Morgan fingerprint density at radius 1 is 1.67 bits per heavy atom. The van der Waals surface area contributed by atoms with Crippen molar-refractivity contribution in [1.29, 1.82) is 0 Å². The summed E-state index contributed by atoms with van der Waals surface area (Å²) in [5, 5.41) is 13.9. The number of nitrogens with zero attached hydrogens (tertiary/aromatic N) is 1. The highest BCUT2D eigenvalue weighted by molar-refractivity contribution is 9.10. The largest absolute Gasteiger partial charge is 0.394 e. The minimum Gasteiger partial charge on any atom is -0.394 e. The van der Waals surface area contributed by atoms with Gasteiger partial charge in [0, 0.05) is 0 Å². The number of aliphatic hydroxyl groups excluding tert-OH is 1. The van der Waals surface area contributed by atoms with Gasteiger partial charge in [0.15, 0.2) is 0 Å². The van der Waals surface area contributed by atoms with Gasteiger partial charge in [-0.15, -0.1) is 0 Å². The summed E-state index contributed by atoms with van der Waals surface area (Å²) in [5.74, 6) is 0. The fourth-order valence-electron chi connectivity index (χ4n) is 0.886. The third-order valence-corrected chi connectivity index (χ3v) is 2.11. The molecule has 1 atom stereocenters. The van der Waals surface area contributed by atoms with Crippen LogP contribution in [0, 0.1) is 0 Å². The molecule has 0 fully saturated rings. The van der Waals surface area contributed by atoms with Crippen molar-refractivity contribution in [3.8, 4) is 0 Å². The van der Waals surface area contributed by atoms with Gasteiger partial charge < -0.3 is 15.7 Å². The molecule has 0 aliphatic rings. The first-order valence-electron chi connectivity index (χ1n) is 4.41. The number of carbonyl (C=O) groups is 1. The van der Waals surface area contributed by atoms with E-state index < -0.39 is 0 Å². The molecule has 0 bridgehead atoms. The first kappa shape index (κ1) is 11.9. The Morgan fingerprint density at radius 2 is 2.40 bits per heavy atom. The van der Waals surface area contributed by atoms with Gasteiger partial charge in [-0.2, -0.15) is 0 Å². The third-order valence-electron chi connectivity index (χ3n) is 1.64. The molecular weight excluding hydrogens is 262 g/mol. The molecule has 0 saturated carbocycles. The molecule has 1 aromatic heterocycles. The van der Waals surface area contributed by atoms with E-state index in [2.05, 4.69) is 31.5 Å². The van der Waals surface area contributed by atoms with Crippen LogP contribution in [-0.4, -0.2) is 28.8 Å². The van der Waals surface area contributed by atoms with Gasteiger partial charge in [-0.25, -0.2) is 9.78 Å². The third kappa shape index (κ3) is 4.26. The molecule has 0 unspecified atom stereocenters. The lowest BCUT2D eigenvalue weighted by Crippen LogP contribution is -2.38. The Bertz CT molecular complexity index is 329. The van der Waals surface area contributed by atoms with Crippen LogP contribution in [0.4, 0.5) is 10.5 Å². The monoisotopic (exact) mass is 273 g/mol. The summed E-state index contributed by atoms with van der Waals surface area (Å²) in [6, 6.07) is 2.82. The predicted molar refractivity (Wildman–Crippen MR) is 60.6 cm³/mol. The summed E-state index contributed by atoms with van der Waals surface area (Å²) in [7, 11) is 0. The average Bonchev–Trinajstić information content (AvgIpc) is 2.21. The summed E-state index contributed by atoms with van der Waals surface area (Å²) in [5.41, 5.74) is 0.598. The maximum atomic E-state index is 11.3. The van der Waals surface area contributed by atoms with Crippen LogP contribution < -0.4 is 10.6 Å². The van der Waals surface area contributed by atoms with E-state index in [1.807, 2.05) is 0 Å². The number of aliphatic hydroxyl groups is 1. The molecule has 1 heterocycles. The normalized spacial score (nSPS) is 11.9. The fourth-order valence-corrected chi connectivity index (χ4v) is 1.12. The summed E-state index contributed by atoms with van der Waals surface area (Å²) < 4.78 is 0.706. The SMILES string of the molecule is C[C@@H](CO)NC(=O)Nc1ccc(Br)nc1. The lowest BCUT2D eigenvalue weighted by Gasteiger charge is -2.11. The molecule has 0 aliphatic heterocycles. The minimum absolute atomic E-state index is 0.0913. The van der Waals surface area contributed by atoms with Crippen molar-refractivity contribution in [3.63, 3.8) is 0 Å². The van der Waals surface area contributed by atoms with Crippen LogP contribution >= 0.6 is 15.9 Å². The van der Waals surface area contributed by atoms with Crippen LogP contribution in [0.2, 0.25) is 0 Å². The van der Waals surface area contributed by atoms with Crippen LogP contribution in [0.5, 0.6) is 0 Å². The summed E-state index contributed by atoms with van der Waals surface area (Å²) in [6.45, 7) is 1.62. The highest BCUT2D eigenvalue weighted by atomic mass is 79.9. The maximum Gasteiger partial charge on any atom is 0.319 e. The van der Waals surface area contributed by atoms with Crippen LogP contribution in [0.3, 0.4) is 0 Å². The van der Waals surface area contributed by atoms with E-state index in [0.29, 0.717) is 10.3 Å². The molecule has 15 heavy (non-hydrogen) atoms. The van der Waals surface area contributed by atoms with Gasteiger partial charge in [-0.1, -0.05) is 0 Å².